The highest BCUT2D eigenvalue weighted by Crippen LogP contribution is 2.55. The molecule has 0 spiro atoms. The summed E-state index contributed by atoms with van der Waals surface area (Å²) >= 11 is 0. The first kappa shape index (κ1) is 15.7. The first-order chi connectivity index (χ1) is 11.4. The van der Waals surface area contributed by atoms with E-state index in [1.807, 2.05) is 32.0 Å². The van der Waals surface area contributed by atoms with Crippen molar-refractivity contribution in [1.82, 2.24) is 5.32 Å². The summed E-state index contributed by atoms with van der Waals surface area (Å²) in [5, 5.41) is 5.86. The minimum atomic E-state index is -0.547. The number of carbonyl (C=O) groups is 2. The Kier molecular flexibility index (Phi) is 3.66. The fourth-order valence-electron chi connectivity index (χ4n) is 5.57. The van der Waals surface area contributed by atoms with Crippen LogP contribution >= 0.6 is 0 Å². The first-order valence-corrected chi connectivity index (χ1v) is 9.13. The monoisotopic (exact) mass is 326 g/mol. The van der Waals surface area contributed by atoms with E-state index < -0.39 is 11.8 Å². The fourth-order valence-corrected chi connectivity index (χ4v) is 5.57. The highest BCUT2D eigenvalue weighted by atomic mass is 16.2. The van der Waals surface area contributed by atoms with E-state index in [0.717, 1.165) is 42.6 Å². The molecule has 4 fully saturated rings. The van der Waals surface area contributed by atoms with Gasteiger partial charge in [0.1, 0.15) is 0 Å². The molecule has 0 saturated heterocycles. The van der Waals surface area contributed by atoms with E-state index in [4.69, 9.17) is 0 Å². The lowest BCUT2D eigenvalue weighted by atomic mass is 9.53. The maximum absolute atomic E-state index is 12.5. The van der Waals surface area contributed by atoms with Gasteiger partial charge in [-0.25, -0.2) is 0 Å². The molecule has 4 aliphatic carbocycles. The average molecular weight is 326 g/mol. The Bertz CT molecular complexity index is 660. The summed E-state index contributed by atoms with van der Waals surface area (Å²) in [6.45, 7) is 4.03. The molecule has 0 unspecified atom stereocenters. The van der Waals surface area contributed by atoms with E-state index in [1.54, 1.807) is 0 Å². The summed E-state index contributed by atoms with van der Waals surface area (Å²) in [5.41, 5.74) is 2.84. The summed E-state index contributed by atoms with van der Waals surface area (Å²) in [6, 6.07) is 5.71. The molecule has 128 valence electrons. The zero-order valence-corrected chi connectivity index (χ0v) is 14.5. The maximum atomic E-state index is 12.5. The van der Waals surface area contributed by atoms with Crippen LogP contribution in [0.2, 0.25) is 0 Å². The number of amides is 2. The summed E-state index contributed by atoms with van der Waals surface area (Å²) < 4.78 is 0. The summed E-state index contributed by atoms with van der Waals surface area (Å²) in [4.78, 5) is 24.8. The number of hydrogen-bond donors (Lipinski definition) is 2. The molecule has 0 heterocycles. The largest absolute Gasteiger partial charge is 0.342 e. The van der Waals surface area contributed by atoms with Crippen LogP contribution in [0.25, 0.3) is 0 Å². The molecular weight excluding hydrogens is 300 g/mol. The highest BCUT2D eigenvalue weighted by molar-refractivity contribution is 6.39. The smallest absolute Gasteiger partial charge is 0.313 e. The van der Waals surface area contributed by atoms with Gasteiger partial charge in [-0.05, 0) is 93.4 Å². The van der Waals surface area contributed by atoms with Gasteiger partial charge in [0.25, 0.3) is 0 Å². The van der Waals surface area contributed by atoms with Crippen LogP contribution in [0, 0.1) is 31.6 Å². The Morgan fingerprint density at radius 2 is 1.50 bits per heavy atom. The van der Waals surface area contributed by atoms with Crippen molar-refractivity contribution in [2.45, 2.75) is 57.9 Å². The third-order valence-corrected chi connectivity index (χ3v) is 6.39. The van der Waals surface area contributed by atoms with E-state index in [0.29, 0.717) is 5.69 Å². The van der Waals surface area contributed by atoms with Crippen molar-refractivity contribution >= 4 is 17.5 Å². The maximum Gasteiger partial charge on any atom is 0.313 e. The zero-order chi connectivity index (χ0) is 16.9. The van der Waals surface area contributed by atoms with Crippen LogP contribution in [0.15, 0.2) is 18.2 Å². The number of carbonyl (C=O) groups excluding carboxylic acids is 2. The lowest BCUT2D eigenvalue weighted by Gasteiger charge is -2.56. The van der Waals surface area contributed by atoms with Crippen molar-refractivity contribution < 1.29 is 9.59 Å². The van der Waals surface area contributed by atoms with Gasteiger partial charge in [-0.2, -0.15) is 0 Å². The van der Waals surface area contributed by atoms with Crippen molar-refractivity contribution in [3.05, 3.63) is 29.3 Å². The number of anilines is 1. The van der Waals surface area contributed by atoms with E-state index in [2.05, 4.69) is 10.6 Å². The quantitative estimate of drug-likeness (QED) is 0.819. The summed E-state index contributed by atoms with van der Waals surface area (Å²) in [7, 11) is 0. The van der Waals surface area contributed by atoms with Gasteiger partial charge in [-0.15, -0.1) is 0 Å². The second-order valence-corrected chi connectivity index (χ2v) is 8.41. The molecule has 1 aromatic carbocycles. The number of rotatable bonds is 2. The van der Waals surface area contributed by atoms with Gasteiger partial charge in [-0.1, -0.05) is 6.07 Å². The zero-order valence-electron chi connectivity index (χ0n) is 14.5. The van der Waals surface area contributed by atoms with Crippen molar-refractivity contribution in [3.63, 3.8) is 0 Å². The number of hydrogen-bond acceptors (Lipinski definition) is 2. The number of benzene rings is 1. The van der Waals surface area contributed by atoms with E-state index >= 15 is 0 Å². The fraction of sp³-hybridized carbons (Fsp3) is 0.600. The average Bonchev–Trinajstić information content (AvgIpc) is 2.49. The molecule has 5 rings (SSSR count). The van der Waals surface area contributed by atoms with E-state index in [1.165, 1.54) is 24.8 Å². The molecule has 0 radical (unpaired) electrons. The molecular formula is C20H26N2O2. The van der Waals surface area contributed by atoms with Crippen LogP contribution in [0.3, 0.4) is 0 Å². The molecule has 0 aromatic heterocycles. The molecule has 2 amide bonds. The molecule has 4 bridgehead atoms. The first-order valence-electron chi connectivity index (χ1n) is 9.13. The SMILES string of the molecule is Cc1ccc(NC(=O)C(=O)NC23CC4CC(CC(C4)C2)C3)cc1C. The van der Waals surface area contributed by atoms with Crippen LogP contribution < -0.4 is 10.6 Å². The third-order valence-electron chi connectivity index (χ3n) is 6.39. The second-order valence-electron chi connectivity index (χ2n) is 8.41. The standard InChI is InChI=1S/C20H26N2O2/c1-12-3-4-17(5-13(12)2)21-18(23)19(24)22-20-9-14-6-15(10-20)8-16(7-14)11-20/h3-5,14-16H,6-11H2,1-2H3,(H,21,23)(H,22,24). The van der Waals surface area contributed by atoms with Gasteiger partial charge in [0, 0.05) is 11.2 Å². The Balaban J connectivity index is 1.42. The summed E-state index contributed by atoms with van der Waals surface area (Å²) in [6.07, 6.45) is 7.14. The Morgan fingerprint density at radius 3 is 2.04 bits per heavy atom. The van der Waals surface area contributed by atoms with Crippen LogP contribution in [0.4, 0.5) is 5.69 Å². The molecule has 0 aliphatic heterocycles. The molecule has 0 atom stereocenters. The Labute approximate surface area is 143 Å². The predicted octanol–water partition coefficient (Wildman–Crippen LogP) is 3.33. The van der Waals surface area contributed by atoms with Crippen molar-refractivity contribution in [2.75, 3.05) is 5.32 Å². The van der Waals surface area contributed by atoms with Crippen LogP contribution in [-0.4, -0.2) is 17.4 Å². The van der Waals surface area contributed by atoms with E-state index in [-0.39, 0.29) is 5.54 Å². The topological polar surface area (TPSA) is 58.2 Å². The molecule has 4 nitrogen and oxygen atoms in total. The minimum Gasteiger partial charge on any atom is -0.342 e. The number of aryl methyl sites for hydroxylation is 2. The van der Waals surface area contributed by atoms with Crippen molar-refractivity contribution in [2.24, 2.45) is 17.8 Å². The van der Waals surface area contributed by atoms with Gasteiger partial charge in [-0.3, -0.25) is 9.59 Å². The molecule has 24 heavy (non-hydrogen) atoms. The molecule has 2 N–H and O–H groups in total. The van der Waals surface area contributed by atoms with Gasteiger partial charge >= 0.3 is 11.8 Å². The van der Waals surface area contributed by atoms with Crippen molar-refractivity contribution in [1.29, 1.82) is 0 Å². The van der Waals surface area contributed by atoms with Gasteiger partial charge < -0.3 is 10.6 Å². The Hall–Kier alpha value is -1.84. The third kappa shape index (κ3) is 2.83. The summed E-state index contributed by atoms with van der Waals surface area (Å²) in [5.74, 6) is 1.22. The van der Waals surface area contributed by atoms with Crippen LogP contribution in [0.1, 0.15) is 49.7 Å². The van der Waals surface area contributed by atoms with Crippen LogP contribution in [-0.2, 0) is 9.59 Å². The Morgan fingerprint density at radius 1 is 0.917 bits per heavy atom. The molecule has 4 aliphatic rings. The van der Waals surface area contributed by atoms with E-state index in [9.17, 15) is 9.59 Å². The second kappa shape index (κ2) is 5.61. The van der Waals surface area contributed by atoms with Gasteiger partial charge in [0.15, 0.2) is 0 Å². The molecule has 4 saturated carbocycles. The van der Waals surface area contributed by atoms with Crippen LogP contribution in [0.5, 0.6) is 0 Å². The van der Waals surface area contributed by atoms with Gasteiger partial charge in [0.05, 0.1) is 0 Å². The molecule has 1 aromatic rings. The minimum absolute atomic E-state index is 0.119. The molecule has 4 heteroatoms. The lowest BCUT2D eigenvalue weighted by molar-refractivity contribution is -0.139. The van der Waals surface area contributed by atoms with Crippen molar-refractivity contribution in [3.8, 4) is 0 Å². The van der Waals surface area contributed by atoms with Gasteiger partial charge in [0.2, 0.25) is 0 Å². The normalized spacial score (nSPS) is 33.3. The number of nitrogens with one attached hydrogen (secondary N) is 2. The highest BCUT2D eigenvalue weighted by Gasteiger charge is 2.51. The predicted molar refractivity (Wildman–Crippen MR) is 93.6 cm³/mol. The lowest BCUT2D eigenvalue weighted by Crippen LogP contribution is -2.61.